The summed E-state index contributed by atoms with van der Waals surface area (Å²) in [5.41, 5.74) is -1.19. The molecule has 0 aliphatic carbocycles. The normalized spacial score (nSPS) is 26.9. The number of ether oxygens (including phenoxy) is 1. The van der Waals surface area contributed by atoms with Crippen molar-refractivity contribution in [3.8, 4) is 0 Å². The number of rotatable bonds is 5. The van der Waals surface area contributed by atoms with Crippen molar-refractivity contribution in [2.75, 3.05) is 38.8 Å². The number of allylic oxidation sites excluding steroid dienone is 2. The largest absolute Gasteiger partial charge is 0.466 e. The molecule has 5 nitrogen and oxygen atoms in total. The number of likely N-dealkylation sites (tertiary alicyclic amines) is 1. The highest BCUT2D eigenvalue weighted by atomic mass is 32.2. The average Bonchev–Trinajstić information content (AvgIpc) is 3.11. The van der Waals surface area contributed by atoms with Crippen LogP contribution in [-0.2, 0) is 9.53 Å². The fourth-order valence-electron chi connectivity index (χ4n) is 3.25. The molecule has 0 unspecified atom stereocenters. The van der Waals surface area contributed by atoms with E-state index in [2.05, 4.69) is 5.32 Å². The second kappa shape index (κ2) is 7.79. The Morgan fingerprint density at radius 1 is 1.44 bits per heavy atom. The van der Waals surface area contributed by atoms with Gasteiger partial charge in [0.1, 0.15) is 9.90 Å². The van der Waals surface area contributed by atoms with Crippen molar-refractivity contribution in [1.82, 2.24) is 10.2 Å². The Morgan fingerprint density at radius 3 is 2.52 bits per heavy atom. The molecule has 2 aliphatic heterocycles. The maximum absolute atomic E-state index is 13.0. The summed E-state index contributed by atoms with van der Waals surface area (Å²) in [6.07, 6.45) is -3.77. The molecule has 1 spiro atoms. The number of alkyl halides is 3. The zero-order chi connectivity index (χ0) is 18.8. The first-order valence-corrected chi connectivity index (χ1v) is 9.85. The van der Waals surface area contributed by atoms with Crippen molar-refractivity contribution in [2.24, 2.45) is 11.8 Å². The number of nitrogens with zero attached hydrogens (tertiary/aromatic N) is 1. The third-order valence-corrected chi connectivity index (χ3v) is 8.04. The van der Waals surface area contributed by atoms with Gasteiger partial charge in [0.2, 0.25) is 0 Å². The van der Waals surface area contributed by atoms with Crippen molar-refractivity contribution in [3.05, 3.63) is 11.8 Å². The number of hydrogen-bond donors (Lipinski definition) is 2. The lowest BCUT2D eigenvalue weighted by atomic mass is 9.90. The Hall–Kier alpha value is -0.870. The molecular formula is C15H22F3N3O2S2. The maximum Gasteiger partial charge on any atom is 0.430 e. The van der Waals surface area contributed by atoms with Gasteiger partial charge in [0, 0.05) is 30.8 Å². The minimum atomic E-state index is -4.58. The number of thioether (sulfide) groups is 2. The Kier molecular flexibility index (Phi) is 6.37. The van der Waals surface area contributed by atoms with Crippen LogP contribution in [-0.4, -0.2) is 65.7 Å². The topological polar surface area (TPSA) is 65.4 Å². The van der Waals surface area contributed by atoms with Crippen molar-refractivity contribution >= 4 is 35.2 Å². The molecule has 0 aromatic heterocycles. The molecule has 2 rings (SSSR count). The van der Waals surface area contributed by atoms with Crippen LogP contribution in [0.3, 0.4) is 0 Å². The molecule has 0 amide bonds. The molecule has 0 radical (unpaired) electrons. The number of carbonyl (C=O) groups excluding carboxylic acids is 1. The van der Waals surface area contributed by atoms with E-state index in [1.807, 2.05) is 11.9 Å². The molecule has 25 heavy (non-hydrogen) atoms. The van der Waals surface area contributed by atoms with E-state index in [9.17, 15) is 18.0 Å². The van der Waals surface area contributed by atoms with Gasteiger partial charge in [-0.3, -0.25) is 9.69 Å². The third kappa shape index (κ3) is 3.95. The van der Waals surface area contributed by atoms with Crippen molar-refractivity contribution < 1.29 is 22.7 Å². The summed E-state index contributed by atoms with van der Waals surface area (Å²) in [6.45, 7) is 2.25. The molecular weight excluding hydrogens is 375 g/mol. The average molecular weight is 397 g/mol. The minimum absolute atomic E-state index is 0.201. The minimum Gasteiger partial charge on any atom is -0.466 e. The van der Waals surface area contributed by atoms with Crippen LogP contribution in [0.4, 0.5) is 13.2 Å². The van der Waals surface area contributed by atoms with Crippen LogP contribution in [0.15, 0.2) is 11.8 Å². The monoisotopic (exact) mass is 397 g/mol. The highest BCUT2D eigenvalue weighted by Crippen LogP contribution is 2.57. The molecule has 2 fully saturated rings. The third-order valence-electron chi connectivity index (χ3n) is 4.30. The van der Waals surface area contributed by atoms with Gasteiger partial charge in [-0.25, -0.2) is 0 Å². The Labute approximate surface area is 153 Å². The highest BCUT2D eigenvalue weighted by Gasteiger charge is 2.59. The van der Waals surface area contributed by atoms with Crippen molar-refractivity contribution in [3.63, 3.8) is 0 Å². The van der Waals surface area contributed by atoms with Gasteiger partial charge in [0.15, 0.2) is 0 Å². The zero-order valence-electron chi connectivity index (χ0n) is 14.3. The number of hydrogen-bond acceptors (Lipinski definition) is 7. The van der Waals surface area contributed by atoms with E-state index in [-0.39, 0.29) is 12.3 Å². The smallest absolute Gasteiger partial charge is 0.430 e. The molecule has 0 saturated carbocycles. The lowest BCUT2D eigenvalue weighted by molar-refractivity contribution is -0.148. The molecule has 2 N–H and O–H groups in total. The quantitative estimate of drug-likeness (QED) is 0.549. The first kappa shape index (κ1) is 20.4. The number of nitrogens with one attached hydrogen (secondary N) is 2. The van der Waals surface area contributed by atoms with Crippen molar-refractivity contribution in [1.29, 1.82) is 5.41 Å². The fourth-order valence-corrected chi connectivity index (χ4v) is 6.87. The summed E-state index contributed by atoms with van der Waals surface area (Å²) in [5, 5.41) is 10.5. The standard InChI is InChI=1S/C15H22F3N3O2S2/c1-4-23-13(22)9-8-21(3)15(24-5-6-25-15)12(9)10(19)7-11(20-2)14(16,17)18/h7,9,12,19-20H,4-6,8H2,1-3H3/b11-7-,19-10?/t9-,12-/m0/s1. The van der Waals surface area contributed by atoms with Gasteiger partial charge in [-0.2, -0.15) is 13.2 Å². The lowest BCUT2D eigenvalue weighted by Gasteiger charge is -2.35. The molecule has 0 bridgehead atoms. The summed E-state index contributed by atoms with van der Waals surface area (Å²) < 4.78 is 43.7. The molecule has 0 aromatic carbocycles. The van der Waals surface area contributed by atoms with Gasteiger partial charge >= 0.3 is 12.1 Å². The zero-order valence-corrected chi connectivity index (χ0v) is 15.9. The van der Waals surface area contributed by atoms with E-state index in [4.69, 9.17) is 10.1 Å². The summed E-state index contributed by atoms with van der Waals surface area (Å²) in [6, 6.07) is 0. The first-order valence-electron chi connectivity index (χ1n) is 7.88. The molecule has 0 aromatic rings. The predicted molar refractivity (Wildman–Crippen MR) is 94.8 cm³/mol. The van der Waals surface area contributed by atoms with Gasteiger partial charge in [-0.05, 0) is 20.0 Å². The maximum atomic E-state index is 13.0. The molecule has 142 valence electrons. The van der Waals surface area contributed by atoms with Crippen LogP contribution in [0, 0.1) is 17.2 Å². The Balaban J connectivity index is 2.41. The fraction of sp³-hybridized carbons (Fsp3) is 0.733. The Bertz CT molecular complexity index is 563. The molecule has 10 heteroatoms. The molecule has 2 aliphatic rings. The van der Waals surface area contributed by atoms with Gasteiger partial charge < -0.3 is 15.5 Å². The Morgan fingerprint density at radius 2 is 2.04 bits per heavy atom. The van der Waals surface area contributed by atoms with Crippen LogP contribution in [0.1, 0.15) is 6.92 Å². The number of halogens is 3. The summed E-state index contributed by atoms with van der Waals surface area (Å²) >= 11 is 3.18. The van der Waals surface area contributed by atoms with Crippen LogP contribution in [0.5, 0.6) is 0 Å². The second-order valence-electron chi connectivity index (χ2n) is 5.81. The van der Waals surface area contributed by atoms with Gasteiger partial charge in [-0.15, -0.1) is 23.5 Å². The SMILES string of the molecule is CCOC(=O)[C@H]1CN(C)C2(SCCS2)[C@@H]1C(=N)/C=C(\NC)C(F)(F)F. The van der Waals surface area contributed by atoms with E-state index in [0.717, 1.165) is 17.6 Å². The van der Waals surface area contributed by atoms with Crippen molar-refractivity contribution in [2.45, 2.75) is 17.3 Å². The summed E-state index contributed by atoms with van der Waals surface area (Å²) in [5.74, 6) is -0.120. The summed E-state index contributed by atoms with van der Waals surface area (Å²) in [7, 11) is 3.02. The van der Waals surface area contributed by atoms with Gasteiger partial charge in [-0.1, -0.05) is 0 Å². The summed E-state index contributed by atoms with van der Waals surface area (Å²) in [4.78, 5) is 14.3. The second-order valence-corrected chi connectivity index (χ2v) is 8.70. The predicted octanol–water partition coefficient (Wildman–Crippen LogP) is 2.55. The van der Waals surface area contributed by atoms with Crippen LogP contribution >= 0.6 is 23.5 Å². The van der Waals surface area contributed by atoms with Crippen LogP contribution < -0.4 is 5.32 Å². The number of esters is 1. The van der Waals surface area contributed by atoms with Gasteiger partial charge in [0.25, 0.3) is 0 Å². The van der Waals surface area contributed by atoms with Gasteiger partial charge in [0.05, 0.1) is 18.4 Å². The van der Waals surface area contributed by atoms with Crippen LogP contribution in [0.2, 0.25) is 0 Å². The first-order chi connectivity index (χ1) is 11.7. The van der Waals surface area contributed by atoms with E-state index >= 15 is 0 Å². The molecule has 2 atom stereocenters. The van der Waals surface area contributed by atoms with E-state index in [0.29, 0.717) is 6.54 Å². The van der Waals surface area contributed by atoms with E-state index in [1.165, 1.54) is 7.05 Å². The van der Waals surface area contributed by atoms with E-state index < -0.39 is 33.9 Å². The van der Waals surface area contributed by atoms with E-state index in [1.54, 1.807) is 30.4 Å². The molecule has 2 saturated heterocycles. The number of carbonyl (C=O) groups is 1. The highest BCUT2D eigenvalue weighted by molar-refractivity contribution is 8.21. The lowest BCUT2D eigenvalue weighted by Crippen LogP contribution is -2.42. The molecule has 2 heterocycles. The van der Waals surface area contributed by atoms with Crippen LogP contribution in [0.25, 0.3) is 0 Å².